The van der Waals surface area contributed by atoms with Crippen LogP contribution in [0.5, 0.6) is 11.5 Å². The summed E-state index contributed by atoms with van der Waals surface area (Å²) in [5.74, 6) is -4.08. The third-order valence-electron chi connectivity index (χ3n) is 9.20. The minimum absolute atomic E-state index is 0.0105. The molecule has 2 aliphatic carbocycles. The number of nitrogens with one attached hydrogen (secondary N) is 1. The molecule has 3 unspecified atom stereocenters. The highest BCUT2D eigenvalue weighted by Crippen LogP contribution is 2.65. The van der Waals surface area contributed by atoms with Gasteiger partial charge in [0.2, 0.25) is 0 Å². The number of carboxylic acid groups (broad SMARTS) is 1. The van der Waals surface area contributed by atoms with E-state index in [1.807, 2.05) is 13.1 Å². The van der Waals surface area contributed by atoms with Crippen LogP contribution in [-0.2, 0) is 40.5 Å². The van der Waals surface area contributed by atoms with E-state index >= 15 is 0 Å². The van der Waals surface area contributed by atoms with Gasteiger partial charge in [-0.25, -0.2) is 9.59 Å². The molecule has 2 heterocycles. The smallest absolute Gasteiger partial charge is 0.340 e. The molecule has 2 aliphatic heterocycles. The maximum Gasteiger partial charge on any atom is 0.340 e. The molecule has 1 aromatic carbocycles. The Morgan fingerprint density at radius 3 is 2.60 bits per heavy atom. The zero-order chi connectivity index (χ0) is 31.4. The Labute approximate surface area is 248 Å². The Balaban J connectivity index is 1.26. The molecular weight excluding hydrogens is 564 g/mol. The number of aromatic hydroxyl groups is 1. The van der Waals surface area contributed by atoms with Gasteiger partial charge in [0.1, 0.15) is 11.8 Å². The topological polar surface area (TPSA) is 192 Å². The Bertz CT molecular complexity index is 1380. The summed E-state index contributed by atoms with van der Waals surface area (Å²) in [5.41, 5.74) is -0.614. The Hall–Kier alpha value is -3.68. The first-order chi connectivity index (χ1) is 20.2. The molecule has 0 saturated carbocycles. The van der Waals surface area contributed by atoms with Crippen LogP contribution in [0, 0.1) is 5.92 Å². The first-order valence-corrected chi connectivity index (χ1v) is 14.5. The molecule has 13 heteroatoms. The molecule has 0 aromatic heterocycles. The number of likely N-dealkylation sites (tertiary alicyclic amines) is 1. The standard InChI is InChI=1S/C30H38N2O11/c1-14(2)11-17(27(37)38)31-26(36)15(3)41-22(35)13-19(34)28(39)42-20-7-8-30(40)21-12-16-5-6-18(33)24-23(16)29(30,25(20)43-24)9-10-32(21)4/h5-7,14-15,17,19,21,25,33-34,40H,8-13H2,1-4H3,(H,31,36)(H,37,38)/t15?,17?,19?,21-,25+,29+,30-/m1/s1. The van der Waals surface area contributed by atoms with Crippen LogP contribution in [-0.4, -0.2) is 98.7 Å². The van der Waals surface area contributed by atoms with Crippen molar-refractivity contribution in [2.24, 2.45) is 5.92 Å². The van der Waals surface area contributed by atoms with Crippen LogP contribution in [0.1, 0.15) is 57.6 Å². The highest BCUT2D eigenvalue weighted by atomic mass is 16.6. The van der Waals surface area contributed by atoms with Crippen LogP contribution >= 0.6 is 0 Å². The lowest BCUT2D eigenvalue weighted by Crippen LogP contribution is -2.74. The number of hydrogen-bond donors (Lipinski definition) is 5. The maximum atomic E-state index is 12.9. The van der Waals surface area contributed by atoms with Crippen molar-refractivity contribution < 1.29 is 53.8 Å². The second-order valence-electron chi connectivity index (χ2n) is 12.4. The van der Waals surface area contributed by atoms with E-state index in [4.69, 9.17) is 14.2 Å². The van der Waals surface area contributed by atoms with E-state index in [0.717, 1.165) is 5.56 Å². The summed E-state index contributed by atoms with van der Waals surface area (Å²) in [6.45, 7) is 5.48. The molecule has 0 radical (unpaired) electrons. The number of carbonyl (C=O) groups excluding carboxylic acids is 3. The average molecular weight is 603 g/mol. The lowest BCUT2D eigenvalue weighted by molar-refractivity contribution is -0.173. The van der Waals surface area contributed by atoms with Gasteiger partial charge in [0.25, 0.3) is 5.91 Å². The van der Waals surface area contributed by atoms with Gasteiger partial charge in [-0.1, -0.05) is 19.9 Å². The lowest BCUT2D eigenvalue weighted by Gasteiger charge is -2.61. The molecule has 2 bridgehead atoms. The molecule has 1 fully saturated rings. The minimum atomic E-state index is -1.95. The number of benzene rings is 1. The second kappa shape index (κ2) is 11.1. The van der Waals surface area contributed by atoms with Crippen molar-refractivity contribution in [1.82, 2.24) is 10.2 Å². The second-order valence-corrected chi connectivity index (χ2v) is 12.4. The molecule has 1 aromatic rings. The molecule has 5 rings (SSSR count). The predicted molar refractivity (Wildman–Crippen MR) is 148 cm³/mol. The van der Waals surface area contributed by atoms with Crippen LogP contribution in [0.4, 0.5) is 0 Å². The molecule has 7 atom stereocenters. The zero-order valence-electron chi connectivity index (χ0n) is 24.5. The number of esters is 2. The van der Waals surface area contributed by atoms with Gasteiger partial charge in [-0.05, 0) is 63.4 Å². The van der Waals surface area contributed by atoms with Crippen LogP contribution in [0.15, 0.2) is 24.0 Å². The fourth-order valence-corrected chi connectivity index (χ4v) is 7.14. The predicted octanol–water partition coefficient (Wildman–Crippen LogP) is 0.511. The van der Waals surface area contributed by atoms with E-state index in [2.05, 4.69) is 10.2 Å². The summed E-state index contributed by atoms with van der Waals surface area (Å²) in [6, 6.07) is 1.96. The van der Waals surface area contributed by atoms with Crippen molar-refractivity contribution in [3.05, 3.63) is 35.1 Å². The molecule has 234 valence electrons. The Morgan fingerprint density at radius 1 is 1.21 bits per heavy atom. The van der Waals surface area contributed by atoms with Gasteiger partial charge in [0.15, 0.2) is 29.8 Å². The summed E-state index contributed by atoms with van der Waals surface area (Å²) in [6.07, 6.45) is -2.21. The summed E-state index contributed by atoms with van der Waals surface area (Å²) >= 11 is 0. The summed E-state index contributed by atoms with van der Waals surface area (Å²) < 4.78 is 16.8. The van der Waals surface area contributed by atoms with E-state index in [-0.39, 0.29) is 42.1 Å². The van der Waals surface area contributed by atoms with Crippen molar-refractivity contribution in [3.63, 3.8) is 0 Å². The monoisotopic (exact) mass is 602 g/mol. The molecule has 1 saturated heterocycles. The number of phenols is 1. The average Bonchev–Trinajstić information content (AvgIpc) is 3.29. The highest BCUT2D eigenvalue weighted by Gasteiger charge is 2.72. The number of aliphatic hydroxyl groups excluding tert-OH is 1. The number of piperidine rings is 1. The van der Waals surface area contributed by atoms with Crippen molar-refractivity contribution in [1.29, 1.82) is 0 Å². The first-order valence-electron chi connectivity index (χ1n) is 14.5. The van der Waals surface area contributed by atoms with E-state index in [1.165, 1.54) is 6.92 Å². The van der Waals surface area contributed by atoms with E-state index < -0.39 is 65.6 Å². The molecule has 4 aliphatic rings. The normalized spacial score (nSPS) is 29.0. The van der Waals surface area contributed by atoms with Gasteiger partial charge >= 0.3 is 17.9 Å². The molecule has 5 N–H and O–H groups in total. The number of aliphatic carboxylic acids is 1. The summed E-state index contributed by atoms with van der Waals surface area (Å²) in [5, 5.41) is 44.9. The SMILES string of the molecule is CC(C)CC(NC(=O)C(C)OC(=O)CC(O)C(=O)OC1=CC[C@@]2(O)[C@H]3Cc4ccc(O)c5c4[C@@]2(CCN3C)[C@H]1O5)C(=O)O. The number of amides is 1. The van der Waals surface area contributed by atoms with Crippen LogP contribution in [0.3, 0.4) is 0 Å². The fraction of sp³-hybridized carbons (Fsp3) is 0.600. The minimum Gasteiger partial charge on any atom is -0.504 e. The number of rotatable bonds is 10. The number of likely N-dealkylation sites (N-methyl/N-ethyl adjacent to an activating group) is 1. The highest BCUT2D eigenvalue weighted by molar-refractivity contribution is 5.88. The van der Waals surface area contributed by atoms with Crippen molar-refractivity contribution in [2.45, 2.75) is 94.3 Å². The van der Waals surface area contributed by atoms with Gasteiger partial charge in [0.05, 0.1) is 17.4 Å². The number of carboxylic acids is 1. The number of carbonyl (C=O) groups is 4. The fourth-order valence-electron chi connectivity index (χ4n) is 7.14. The molecular formula is C30H38N2O11. The van der Waals surface area contributed by atoms with Gasteiger partial charge in [0, 0.05) is 18.0 Å². The van der Waals surface area contributed by atoms with Crippen LogP contribution < -0.4 is 10.1 Å². The van der Waals surface area contributed by atoms with Crippen molar-refractivity contribution in [3.8, 4) is 11.5 Å². The molecule has 1 spiro atoms. The van der Waals surface area contributed by atoms with Crippen LogP contribution in [0.2, 0.25) is 0 Å². The van der Waals surface area contributed by atoms with Gasteiger partial charge < -0.3 is 44.9 Å². The molecule has 13 nitrogen and oxygen atoms in total. The van der Waals surface area contributed by atoms with Gasteiger partial charge in [-0.3, -0.25) is 9.59 Å². The van der Waals surface area contributed by atoms with E-state index in [0.29, 0.717) is 24.9 Å². The van der Waals surface area contributed by atoms with Gasteiger partial charge in [-0.2, -0.15) is 0 Å². The number of ether oxygens (including phenoxy) is 3. The maximum absolute atomic E-state index is 12.9. The number of aliphatic hydroxyl groups is 2. The third kappa shape index (κ3) is 5.02. The molecule has 43 heavy (non-hydrogen) atoms. The summed E-state index contributed by atoms with van der Waals surface area (Å²) in [7, 11) is 1.95. The van der Waals surface area contributed by atoms with Crippen LogP contribution in [0.25, 0.3) is 0 Å². The van der Waals surface area contributed by atoms with E-state index in [9.17, 15) is 39.6 Å². The Morgan fingerprint density at radius 2 is 1.93 bits per heavy atom. The number of hydrogen-bond acceptors (Lipinski definition) is 11. The lowest BCUT2D eigenvalue weighted by atomic mass is 9.50. The quantitative estimate of drug-likeness (QED) is 0.234. The zero-order valence-corrected chi connectivity index (χ0v) is 24.5. The summed E-state index contributed by atoms with van der Waals surface area (Å²) in [4.78, 5) is 51.3. The van der Waals surface area contributed by atoms with Crippen molar-refractivity contribution in [2.75, 3.05) is 13.6 Å². The first kappa shape index (κ1) is 30.8. The largest absolute Gasteiger partial charge is 0.504 e. The number of nitrogens with zero attached hydrogens (tertiary/aromatic N) is 1. The Kier molecular flexibility index (Phi) is 7.95. The van der Waals surface area contributed by atoms with Gasteiger partial charge in [-0.15, -0.1) is 0 Å². The van der Waals surface area contributed by atoms with E-state index in [1.54, 1.807) is 26.0 Å². The third-order valence-corrected chi connectivity index (χ3v) is 9.20. The van der Waals surface area contributed by atoms with Crippen molar-refractivity contribution >= 4 is 23.8 Å². The number of phenolic OH excluding ortho intramolecular Hbond substituents is 1. The molecule has 1 amide bonds.